The lowest BCUT2D eigenvalue weighted by atomic mass is 10.1. The van der Waals surface area contributed by atoms with Crippen molar-refractivity contribution in [1.29, 1.82) is 0 Å². The van der Waals surface area contributed by atoms with Crippen molar-refractivity contribution < 1.29 is 4.74 Å². The van der Waals surface area contributed by atoms with Crippen LogP contribution in [0.25, 0.3) is 0 Å². The summed E-state index contributed by atoms with van der Waals surface area (Å²) in [6.07, 6.45) is 3.59. The molecule has 1 aliphatic carbocycles. The van der Waals surface area contributed by atoms with Crippen LogP contribution in [0.4, 0.5) is 0 Å². The fourth-order valence-corrected chi connectivity index (χ4v) is 2.56. The van der Waals surface area contributed by atoms with Crippen molar-refractivity contribution in [2.45, 2.75) is 51.2 Å². The van der Waals surface area contributed by atoms with Crippen LogP contribution in [0.1, 0.15) is 33.1 Å². The Balaban J connectivity index is 2.44. The predicted molar refractivity (Wildman–Crippen MR) is 59.3 cm³/mol. The van der Waals surface area contributed by atoms with Gasteiger partial charge in [0.2, 0.25) is 0 Å². The third-order valence-corrected chi connectivity index (χ3v) is 3.25. The Bertz CT molecular complexity index is 163. The zero-order valence-corrected chi connectivity index (χ0v) is 9.70. The Kier molecular flexibility index (Phi) is 4.85. The number of hydrogen-bond donors (Lipinski definition) is 1. The molecular formula is C11H24N2O. The van der Waals surface area contributed by atoms with Crippen molar-refractivity contribution in [3.63, 3.8) is 0 Å². The molecule has 0 radical (unpaired) electrons. The molecule has 3 nitrogen and oxygen atoms in total. The molecule has 0 aliphatic heterocycles. The van der Waals surface area contributed by atoms with E-state index >= 15 is 0 Å². The van der Waals surface area contributed by atoms with E-state index in [0.717, 1.165) is 19.6 Å². The molecule has 3 unspecified atom stereocenters. The minimum atomic E-state index is 0.420. The van der Waals surface area contributed by atoms with Crippen LogP contribution in [0, 0.1) is 0 Å². The Hall–Kier alpha value is -0.120. The smallest absolute Gasteiger partial charge is 0.0615 e. The quantitative estimate of drug-likeness (QED) is 0.725. The van der Waals surface area contributed by atoms with Gasteiger partial charge in [-0.25, -0.2) is 0 Å². The van der Waals surface area contributed by atoms with E-state index in [0.29, 0.717) is 18.1 Å². The third kappa shape index (κ3) is 2.94. The first-order chi connectivity index (χ1) is 6.69. The summed E-state index contributed by atoms with van der Waals surface area (Å²) in [5.74, 6) is 0. The molecule has 0 bridgehead atoms. The maximum Gasteiger partial charge on any atom is 0.0615 e. The molecule has 0 aromatic carbocycles. The van der Waals surface area contributed by atoms with Crippen LogP contribution in [0.5, 0.6) is 0 Å². The van der Waals surface area contributed by atoms with Crippen LogP contribution in [-0.2, 0) is 4.74 Å². The van der Waals surface area contributed by atoms with Crippen LogP contribution in [0.15, 0.2) is 0 Å². The molecule has 84 valence electrons. The zero-order chi connectivity index (χ0) is 10.6. The lowest BCUT2D eigenvalue weighted by Gasteiger charge is -2.33. The molecule has 1 fully saturated rings. The first kappa shape index (κ1) is 12.0. The maximum atomic E-state index is 5.93. The first-order valence-electron chi connectivity index (χ1n) is 5.69. The van der Waals surface area contributed by atoms with E-state index in [2.05, 4.69) is 18.7 Å². The van der Waals surface area contributed by atoms with E-state index in [1.165, 1.54) is 12.8 Å². The number of ether oxygens (including phenoxy) is 1. The highest BCUT2D eigenvalue weighted by molar-refractivity contribution is 4.86. The number of hydrogen-bond acceptors (Lipinski definition) is 3. The number of nitrogens with zero attached hydrogens (tertiary/aromatic N) is 1. The van der Waals surface area contributed by atoms with Gasteiger partial charge in [-0.3, -0.25) is 4.90 Å². The summed E-state index contributed by atoms with van der Waals surface area (Å²) >= 11 is 0. The second-order valence-electron chi connectivity index (χ2n) is 4.36. The summed E-state index contributed by atoms with van der Waals surface area (Å²) in [5, 5.41) is 0. The molecule has 1 aliphatic rings. The Labute approximate surface area is 87.6 Å². The topological polar surface area (TPSA) is 38.5 Å². The second-order valence-corrected chi connectivity index (χ2v) is 4.36. The molecule has 2 N–H and O–H groups in total. The highest BCUT2D eigenvalue weighted by Gasteiger charge is 2.28. The van der Waals surface area contributed by atoms with Crippen molar-refractivity contribution >= 4 is 0 Å². The van der Waals surface area contributed by atoms with Gasteiger partial charge in [0.1, 0.15) is 0 Å². The van der Waals surface area contributed by atoms with Crippen molar-refractivity contribution in [3.8, 4) is 0 Å². The highest BCUT2D eigenvalue weighted by Crippen LogP contribution is 2.24. The lowest BCUT2D eigenvalue weighted by Crippen LogP contribution is -2.43. The summed E-state index contributed by atoms with van der Waals surface area (Å²) in [6.45, 7) is 6.37. The number of rotatable bonds is 5. The molecule has 1 saturated carbocycles. The molecule has 0 spiro atoms. The summed E-state index contributed by atoms with van der Waals surface area (Å²) in [7, 11) is 1.77. The van der Waals surface area contributed by atoms with E-state index in [4.69, 9.17) is 10.5 Å². The molecule has 0 aromatic heterocycles. The van der Waals surface area contributed by atoms with Gasteiger partial charge < -0.3 is 10.5 Å². The SMILES string of the molecule is CCN(C(C)COC)C1CCC(N)C1. The minimum absolute atomic E-state index is 0.420. The maximum absolute atomic E-state index is 5.93. The minimum Gasteiger partial charge on any atom is -0.383 e. The molecule has 0 heterocycles. The van der Waals surface area contributed by atoms with Gasteiger partial charge in [-0.05, 0) is 32.7 Å². The molecule has 0 aromatic rings. The number of nitrogens with two attached hydrogens (primary N) is 1. The third-order valence-electron chi connectivity index (χ3n) is 3.25. The lowest BCUT2D eigenvalue weighted by molar-refractivity contribution is 0.0745. The van der Waals surface area contributed by atoms with Crippen LogP contribution in [0.3, 0.4) is 0 Å². The monoisotopic (exact) mass is 200 g/mol. The molecule has 0 saturated heterocycles. The van der Waals surface area contributed by atoms with E-state index in [9.17, 15) is 0 Å². The molecular weight excluding hydrogens is 176 g/mol. The standard InChI is InChI=1S/C11H24N2O/c1-4-13(9(2)8-14-3)11-6-5-10(12)7-11/h9-11H,4-8,12H2,1-3H3. The predicted octanol–water partition coefficient (Wildman–Crippen LogP) is 1.22. The molecule has 3 atom stereocenters. The number of methoxy groups -OCH3 is 1. The van der Waals surface area contributed by atoms with Crippen molar-refractivity contribution in [2.24, 2.45) is 5.73 Å². The first-order valence-corrected chi connectivity index (χ1v) is 5.69. The van der Waals surface area contributed by atoms with Gasteiger partial charge in [-0.15, -0.1) is 0 Å². The van der Waals surface area contributed by atoms with Gasteiger partial charge in [0, 0.05) is 25.2 Å². The van der Waals surface area contributed by atoms with Crippen LogP contribution < -0.4 is 5.73 Å². The molecule has 1 rings (SSSR count). The second kappa shape index (κ2) is 5.69. The average Bonchev–Trinajstić information content (AvgIpc) is 2.54. The Morgan fingerprint density at radius 3 is 2.64 bits per heavy atom. The number of likely N-dealkylation sites (N-methyl/N-ethyl adjacent to an activating group) is 1. The van der Waals surface area contributed by atoms with E-state index in [-0.39, 0.29) is 0 Å². The summed E-state index contributed by atoms with van der Waals surface area (Å²) in [4.78, 5) is 2.52. The van der Waals surface area contributed by atoms with E-state index in [1.54, 1.807) is 7.11 Å². The zero-order valence-electron chi connectivity index (χ0n) is 9.70. The molecule has 0 amide bonds. The van der Waals surface area contributed by atoms with Gasteiger partial charge in [-0.2, -0.15) is 0 Å². The van der Waals surface area contributed by atoms with E-state index < -0.39 is 0 Å². The van der Waals surface area contributed by atoms with Crippen LogP contribution >= 0.6 is 0 Å². The average molecular weight is 200 g/mol. The van der Waals surface area contributed by atoms with E-state index in [1.807, 2.05) is 0 Å². The van der Waals surface area contributed by atoms with Gasteiger partial charge >= 0.3 is 0 Å². The summed E-state index contributed by atoms with van der Waals surface area (Å²) in [6, 6.07) is 1.62. The normalized spacial score (nSPS) is 29.8. The van der Waals surface area contributed by atoms with Gasteiger partial charge in [-0.1, -0.05) is 6.92 Å². The largest absolute Gasteiger partial charge is 0.383 e. The molecule has 3 heteroatoms. The van der Waals surface area contributed by atoms with Crippen molar-refractivity contribution in [1.82, 2.24) is 4.90 Å². The van der Waals surface area contributed by atoms with Gasteiger partial charge in [0.05, 0.1) is 6.61 Å². The Morgan fingerprint density at radius 1 is 1.50 bits per heavy atom. The van der Waals surface area contributed by atoms with Crippen molar-refractivity contribution in [3.05, 3.63) is 0 Å². The fraction of sp³-hybridized carbons (Fsp3) is 1.00. The Morgan fingerprint density at radius 2 is 2.21 bits per heavy atom. The van der Waals surface area contributed by atoms with Crippen molar-refractivity contribution in [2.75, 3.05) is 20.3 Å². The van der Waals surface area contributed by atoms with Crippen LogP contribution in [-0.4, -0.2) is 43.3 Å². The summed E-state index contributed by atoms with van der Waals surface area (Å²) in [5.41, 5.74) is 5.93. The van der Waals surface area contributed by atoms with Crippen LogP contribution in [0.2, 0.25) is 0 Å². The van der Waals surface area contributed by atoms with Gasteiger partial charge in [0.15, 0.2) is 0 Å². The fourth-order valence-electron chi connectivity index (χ4n) is 2.56. The summed E-state index contributed by atoms with van der Waals surface area (Å²) < 4.78 is 5.20. The highest BCUT2D eigenvalue weighted by atomic mass is 16.5. The molecule has 14 heavy (non-hydrogen) atoms. The van der Waals surface area contributed by atoms with Gasteiger partial charge in [0.25, 0.3) is 0 Å².